The van der Waals surface area contributed by atoms with Crippen molar-refractivity contribution in [2.45, 2.75) is 167 Å². The second-order valence-electron chi connectivity index (χ2n) is 26.7. The minimum atomic E-state index is -2.72. The number of aliphatic hydroxyl groups is 2. The van der Waals surface area contributed by atoms with E-state index >= 15 is 0 Å². The Morgan fingerprint density at radius 2 is 0.927 bits per heavy atom. The highest BCUT2D eigenvalue weighted by Crippen LogP contribution is 2.54. The minimum Gasteiger partial charge on any atom is -0.496 e. The van der Waals surface area contributed by atoms with Crippen LogP contribution in [0.1, 0.15) is 124 Å². The summed E-state index contributed by atoms with van der Waals surface area (Å²) in [6, 6.07) is 57.1. The van der Waals surface area contributed by atoms with Gasteiger partial charge in [-0.25, -0.2) is 0 Å². The fourth-order valence-corrected chi connectivity index (χ4v) is 25.3. The van der Waals surface area contributed by atoms with Crippen molar-refractivity contribution in [3.8, 4) is 11.5 Å². The number of methoxy groups -OCH3 is 2. The molecule has 2 saturated carbocycles. The van der Waals surface area contributed by atoms with E-state index in [1.807, 2.05) is 13.8 Å². The quantitative estimate of drug-likeness (QED) is 0.0872. The first-order valence-corrected chi connectivity index (χ1v) is 34.2. The van der Waals surface area contributed by atoms with E-state index in [0.717, 1.165) is 69.3 Å². The van der Waals surface area contributed by atoms with Gasteiger partial charge in [0.15, 0.2) is 5.79 Å². The molecule has 4 aliphatic carbocycles. The van der Waals surface area contributed by atoms with Crippen molar-refractivity contribution >= 4 is 37.4 Å². The standard InChI is InChI=1S/C37H48O4Si.C34H44O4Si.CH4/c1-36(2,3)42(29-15-9-7-10-16-29,30-17-11-8-12-18-30)41-35-24-27-23-33-26(14-13-19-34(33)38-6)22-32(27)31(35)21-20-28-25-39-37(4,5)40-28;1-34(2,3)39(27-13-7-5-8-14-27,28-15-9-6-10-16-28)38-33-22-25-21-31-24(12-11-17-32(31)37-4)20-30(25)29(33)19-18-26(36)23-35;/h7-19,27-28,31-32,35H,20-25H2,1-6H3;5-17,25-26,29-30,33,35-36H,18-23H2,1-4H3;1H4/t27-,28+,31+,32-,35+;25-,26+,29+,30-,33+;/m00./s1. The van der Waals surface area contributed by atoms with Gasteiger partial charge in [0.05, 0.1) is 39.6 Å². The SMILES string of the molecule is C.COc1cccc2c1C[C@H]1C[C@@H](O[Si](c3ccccc3)(c3ccccc3)C(C)(C)C)[C@H](CC[C@@H](O)CO)[C@H]1C2.COc1cccc2c1C[C@H]1C[C@@H](O[Si](c3ccccc3)(c3ccccc3)C(C)(C)C)[C@H](CC[C@@H]3COC(C)(C)O3)[C@H]1C2. The van der Waals surface area contributed by atoms with Crippen LogP contribution >= 0.6 is 0 Å². The van der Waals surface area contributed by atoms with Crippen molar-refractivity contribution in [2.24, 2.45) is 35.5 Å². The highest BCUT2D eigenvalue weighted by molar-refractivity contribution is 7.00. The van der Waals surface area contributed by atoms with E-state index in [1.54, 1.807) is 14.2 Å². The molecular weight excluding hydrogens is 1050 g/mol. The van der Waals surface area contributed by atoms with Gasteiger partial charge in [0.2, 0.25) is 0 Å². The molecule has 3 fully saturated rings. The fraction of sp³-hybridized carbons (Fsp3) is 0.500. The molecular formula is C72H96O8Si2. The molecule has 82 heavy (non-hydrogen) atoms. The van der Waals surface area contributed by atoms with Crippen LogP contribution in [0, 0.1) is 35.5 Å². The normalized spacial score (nSPS) is 25.0. The summed E-state index contributed by atoms with van der Waals surface area (Å²) in [5.41, 5.74) is 5.59. The first kappa shape index (κ1) is 61.7. The molecule has 0 aromatic heterocycles. The Hall–Kier alpha value is -4.89. The van der Waals surface area contributed by atoms with Crippen LogP contribution in [0.15, 0.2) is 158 Å². The molecule has 10 heteroatoms. The molecule has 440 valence electrons. The Kier molecular flexibility index (Phi) is 19.4. The second-order valence-corrected chi connectivity index (χ2v) is 35.2. The molecule has 10 atom stereocenters. The average Bonchev–Trinajstić information content (AvgIpc) is 4.27. The first-order valence-electron chi connectivity index (χ1n) is 30.4. The van der Waals surface area contributed by atoms with Crippen LogP contribution in [0.5, 0.6) is 11.5 Å². The summed E-state index contributed by atoms with van der Waals surface area (Å²) in [5.74, 6) is 4.48. The lowest BCUT2D eigenvalue weighted by molar-refractivity contribution is -0.139. The summed E-state index contributed by atoms with van der Waals surface area (Å²) in [6.07, 6.45) is 9.53. The molecule has 11 rings (SSSR count). The van der Waals surface area contributed by atoms with Gasteiger partial charge >= 0.3 is 0 Å². The highest BCUT2D eigenvalue weighted by Gasteiger charge is 2.57. The molecule has 1 heterocycles. The summed E-state index contributed by atoms with van der Waals surface area (Å²) >= 11 is 0. The van der Waals surface area contributed by atoms with Gasteiger partial charge < -0.3 is 38.0 Å². The molecule has 1 aliphatic heterocycles. The lowest BCUT2D eigenvalue weighted by atomic mass is 9.73. The maximum atomic E-state index is 10.3. The van der Waals surface area contributed by atoms with Gasteiger partial charge in [0.25, 0.3) is 16.6 Å². The number of hydrogen-bond acceptors (Lipinski definition) is 8. The summed E-state index contributed by atoms with van der Waals surface area (Å²) < 4.78 is 39.5. The van der Waals surface area contributed by atoms with Gasteiger partial charge in [-0.05, 0) is 179 Å². The van der Waals surface area contributed by atoms with Crippen LogP contribution in [0.4, 0.5) is 0 Å². The van der Waals surface area contributed by atoms with Gasteiger partial charge in [0.1, 0.15) is 11.5 Å². The van der Waals surface area contributed by atoms with Gasteiger partial charge in [-0.3, -0.25) is 0 Å². The monoisotopic (exact) mass is 1140 g/mol. The van der Waals surface area contributed by atoms with Crippen molar-refractivity contribution in [1.82, 2.24) is 0 Å². The van der Waals surface area contributed by atoms with Crippen molar-refractivity contribution in [3.05, 3.63) is 180 Å². The number of ether oxygens (including phenoxy) is 4. The molecule has 0 radical (unpaired) electrons. The van der Waals surface area contributed by atoms with Gasteiger partial charge in [0, 0.05) is 12.2 Å². The molecule has 5 aliphatic rings. The molecule has 1 saturated heterocycles. The zero-order valence-electron chi connectivity index (χ0n) is 50.1. The Morgan fingerprint density at radius 1 is 0.537 bits per heavy atom. The summed E-state index contributed by atoms with van der Waals surface area (Å²) in [4.78, 5) is 0. The van der Waals surface area contributed by atoms with E-state index in [1.165, 1.54) is 43.0 Å². The van der Waals surface area contributed by atoms with Crippen LogP contribution in [0.2, 0.25) is 10.1 Å². The maximum absolute atomic E-state index is 10.3. The third kappa shape index (κ3) is 12.4. The van der Waals surface area contributed by atoms with Crippen LogP contribution in [-0.2, 0) is 44.0 Å². The third-order valence-electron chi connectivity index (χ3n) is 19.5. The Bertz CT molecular complexity index is 2900. The van der Waals surface area contributed by atoms with Crippen LogP contribution in [0.25, 0.3) is 0 Å². The summed E-state index contributed by atoms with van der Waals surface area (Å²) in [7, 11) is -1.83. The molecule has 2 N–H and O–H groups in total. The molecule has 0 spiro atoms. The van der Waals surface area contributed by atoms with Gasteiger partial charge in [-0.2, -0.15) is 0 Å². The predicted octanol–water partition coefficient (Wildman–Crippen LogP) is 12.7. The predicted molar refractivity (Wildman–Crippen MR) is 339 cm³/mol. The zero-order chi connectivity index (χ0) is 57.2. The summed E-state index contributed by atoms with van der Waals surface area (Å²) in [5, 5.41) is 25.1. The molecule has 6 aromatic carbocycles. The van der Waals surface area contributed by atoms with Crippen LogP contribution < -0.4 is 30.2 Å². The number of rotatable bonds is 17. The number of fused-ring (bicyclic) bond motifs is 4. The molecule has 0 bridgehead atoms. The molecule has 0 amide bonds. The van der Waals surface area contributed by atoms with Crippen molar-refractivity contribution in [1.29, 1.82) is 0 Å². The molecule has 6 aromatic rings. The second kappa shape index (κ2) is 25.8. The highest BCUT2D eigenvalue weighted by atomic mass is 28.4. The smallest absolute Gasteiger partial charge is 0.261 e. The van der Waals surface area contributed by atoms with E-state index in [0.29, 0.717) is 48.5 Å². The zero-order valence-corrected chi connectivity index (χ0v) is 52.1. The molecule has 8 nitrogen and oxygen atoms in total. The topological polar surface area (TPSA) is 95.8 Å². The van der Waals surface area contributed by atoms with E-state index in [9.17, 15) is 10.2 Å². The van der Waals surface area contributed by atoms with Gasteiger partial charge in [-0.15, -0.1) is 0 Å². The van der Waals surface area contributed by atoms with Crippen molar-refractivity contribution in [2.75, 3.05) is 27.4 Å². The Morgan fingerprint density at radius 3 is 1.27 bits per heavy atom. The van der Waals surface area contributed by atoms with E-state index in [2.05, 4.69) is 199 Å². The van der Waals surface area contributed by atoms with E-state index in [-0.39, 0.29) is 42.4 Å². The van der Waals surface area contributed by atoms with Crippen molar-refractivity contribution < 1.29 is 38.0 Å². The number of aliphatic hydroxyl groups excluding tert-OH is 2. The van der Waals surface area contributed by atoms with Crippen LogP contribution in [0.3, 0.4) is 0 Å². The molecule has 0 unspecified atom stereocenters. The fourth-order valence-electron chi connectivity index (χ4n) is 15.8. The van der Waals surface area contributed by atoms with E-state index in [4.69, 9.17) is 27.8 Å². The average molecular weight is 1150 g/mol. The maximum Gasteiger partial charge on any atom is 0.261 e. The lowest BCUT2D eigenvalue weighted by Gasteiger charge is -2.46. The lowest BCUT2D eigenvalue weighted by Crippen LogP contribution is -2.68. The van der Waals surface area contributed by atoms with Crippen LogP contribution in [-0.4, -0.2) is 84.5 Å². The number of hydrogen-bond donors (Lipinski definition) is 2. The Balaban J connectivity index is 0.000000196. The van der Waals surface area contributed by atoms with Crippen molar-refractivity contribution in [3.63, 3.8) is 0 Å². The number of benzene rings is 6. The van der Waals surface area contributed by atoms with Gasteiger partial charge in [-0.1, -0.05) is 195 Å². The Labute approximate surface area is 494 Å². The third-order valence-corrected chi connectivity index (χ3v) is 29.6. The minimum absolute atomic E-state index is 0. The largest absolute Gasteiger partial charge is 0.496 e. The first-order chi connectivity index (χ1) is 38.9. The summed E-state index contributed by atoms with van der Waals surface area (Å²) in [6.45, 7) is 18.7. The van der Waals surface area contributed by atoms with E-state index < -0.39 is 28.5 Å².